The third-order valence-corrected chi connectivity index (χ3v) is 4.17. The molecular weight excluding hydrogens is 284 g/mol. The molecule has 2 aliphatic rings. The van der Waals surface area contributed by atoms with Crippen LogP contribution in [0.2, 0.25) is 0 Å². The predicted molar refractivity (Wildman–Crippen MR) is 84.0 cm³/mol. The van der Waals surface area contributed by atoms with E-state index in [2.05, 4.69) is 5.32 Å². The highest BCUT2D eigenvalue weighted by Gasteiger charge is 2.40. The fourth-order valence-electron chi connectivity index (χ4n) is 3.02. The molecule has 1 heterocycles. The van der Waals surface area contributed by atoms with Crippen LogP contribution in [0.1, 0.15) is 40.5 Å². The van der Waals surface area contributed by atoms with Crippen LogP contribution in [0.4, 0.5) is 4.79 Å². The molecule has 2 fully saturated rings. The summed E-state index contributed by atoms with van der Waals surface area (Å²) in [5, 5.41) is 3.60. The van der Waals surface area contributed by atoms with Crippen LogP contribution in [-0.2, 0) is 14.2 Å². The van der Waals surface area contributed by atoms with E-state index in [9.17, 15) is 4.79 Å². The summed E-state index contributed by atoms with van der Waals surface area (Å²) in [5.74, 6) is 0. The SMILES string of the molecule is CCOC1CC(NC2CN(C(=O)OC(C)(C)C)C[C@@H]2OC)C1. The van der Waals surface area contributed by atoms with Gasteiger partial charge in [0.2, 0.25) is 0 Å². The summed E-state index contributed by atoms with van der Waals surface area (Å²) in [5.41, 5.74) is -0.468. The highest BCUT2D eigenvalue weighted by Crippen LogP contribution is 2.26. The average Bonchev–Trinajstić information content (AvgIpc) is 2.77. The van der Waals surface area contributed by atoms with Crippen LogP contribution in [-0.4, -0.2) is 67.7 Å². The van der Waals surface area contributed by atoms with Crippen LogP contribution in [0.15, 0.2) is 0 Å². The Labute approximate surface area is 133 Å². The Hall–Kier alpha value is -0.850. The molecule has 6 nitrogen and oxygen atoms in total. The number of likely N-dealkylation sites (tertiary alicyclic amines) is 1. The Morgan fingerprint density at radius 1 is 1.27 bits per heavy atom. The molecular formula is C16H30N2O4. The quantitative estimate of drug-likeness (QED) is 0.838. The predicted octanol–water partition coefficient (Wildman–Crippen LogP) is 1.78. The molecule has 128 valence electrons. The summed E-state index contributed by atoms with van der Waals surface area (Å²) in [6.45, 7) is 9.64. The molecule has 2 rings (SSSR count). The number of rotatable bonds is 5. The first-order chi connectivity index (χ1) is 10.3. The molecule has 1 amide bonds. The van der Waals surface area contributed by atoms with E-state index in [0.717, 1.165) is 19.4 Å². The lowest BCUT2D eigenvalue weighted by Crippen LogP contribution is -2.53. The van der Waals surface area contributed by atoms with Gasteiger partial charge in [-0.15, -0.1) is 0 Å². The summed E-state index contributed by atoms with van der Waals surface area (Å²) in [6, 6.07) is 0.614. The van der Waals surface area contributed by atoms with Crippen molar-refractivity contribution in [3.8, 4) is 0 Å². The number of nitrogens with zero attached hydrogens (tertiary/aromatic N) is 1. The lowest BCUT2D eigenvalue weighted by molar-refractivity contribution is -0.0170. The standard InChI is InChI=1S/C16H30N2O4/c1-6-21-12-7-11(8-12)17-13-9-18(10-14(13)20-5)15(19)22-16(2,3)4/h11-14,17H,6-10H2,1-5H3/t11?,12?,13?,14-/m0/s1. The Bertz CT molecular complexity index is 377. The van der Waals surface area contributed by atoms with E-state index in [1.807, 2.05) is 27.7 Å². The van der Waals surface area contributed by atoms with Crippen LogP contribution >= 0.6 is 0 Å². The summed E-state index contributed by atoms with van der Waals surface area (Å²) in [6.07, 6.45) is 2.20. The fourth-order valence-corrected chi connectivity index (χ4v) is 3.02. The minimum Gasteiger partial charge on any atom is -0.444 e. The van der Waals surface area contributed by atoms with Crippen molar-refractivity contribution in [1.82, 2.24) is 10.2 Å². The molecule has 0 aromatic rings. The molecule has 6 heteroatoms. The van der Waals surface area contributed by atoms with Gasteiger partial charge >= 0.3 is 6.09 Å². The molecule has 2 atom stereocenters. The Balaban J connectivity index is 1.81. The van der Waals surface area contributed by atoms with Gasteiger partial charge in [0.15, 0.2) is 0 Å². The maximum absolute atomic E-state index is 12.2. The second-order valence-electron chi connectivity index (χ2n) is 7.18. The number of carbonyl (C=O) groups is 1. The van der Waals surface area contributed by atoms with Crippen LogP contribution in [0.3, 0.4) is 0 Å². The molecule has 0 spiro atoms. The maximum Gasteiger partial charge on any atom is 0.410 e. The third-order valence-electron chi connectivity index (χ3n) is 4.17. The van der Waals surface area contributed by atoms with E-state index < -0.39 is 5.60 Å². The second-order valence-corrected chi connectivity index (χ2v) is 7.18. The highest BCUT2D eigenvalue weighted by atomic mass is 16.6. The maximum atomic E-state index is 12.2. The van der Waals surface area contributed by atoms with E-state index in [1.54, 1.807) is 12.0 Å². The Morgan fingerprint density at radius 2 is 1.95 bits per heavy atom. The van der Waals surface area contributed by atoms with E-state index >= 15 is 0 Å². The van der Waals surface area contributed by atoms with Gasteiger partial charge in [-0.1, -0.05) is 0 Å². The van der Waals surface area contributed by atoms with E-state index in [-0.39, 0.29) is 18.2 Å². The molecule has 1 saturated carbocycles. The monoisotopic (exact) mass is 314 g/mol. The molecule has 0 aromatic heterocycles. The summed E-state index contributed by atoms with van der Waals surface area (Å²) in [7, 11) is 1.70. The van der Waals surface area contributed by atoms with Crippen LogP contribution < -0.4 is 5.32 Å². The zero-order valence-electron chi connectivity index (χ0n) is 14.4. The van der Waals surface area contributed by atoms with Gasteiger partial charge in [0.1, 0.15) is 5.60 Å². The van der Waals surface area contributed by atoms with Crippen LogP contribution in [0.5, 0.6) is 0 Å². The molecule has 0 bridgehead atoms. The number of methoxy groups -OCH3 is 1. The van der Waals surface area contributed by atoms with E-state index in [1.165, 1.54) is 0 Å². The van der Waals surface area contributed by atoms with Crippen molar-refractivity contribution in [3.05, 3.63) is 0 Å². The highest BCUT2D eigenvalue weighted by molar-refractivity contribution is 5.68. The number of amides is 1. The number of nitrogens with one attached hydrogen (secondary N) is 1. The van der Waals surface area contributed by atoms with Crippen molar-refractivity contribution >= 4 is 6.09 Å². The lowest BCUT2D eigenvalue weighted by atomic mass is 9.88. The van der Waals surface area contributed by atoms with Crippen molar-refractivity contribution in [1.29, 1.82) is 0 Å². The van der Waals surface area contributed by atoms with Crippen LogP contribution in [0.25, 0.3) is 0 Å². The van der Waals surface area contributed by atoms with Crippen molar-refractivity contribution in [2.24, 2.45) is 0 Å². The number of hydrogen-bond donors (Lipinski definition) is 1. The summed E-state index contributed by atoms with van der Waals surface area (Å²) >= 11 is 0. The second kappa shape index (κ2) is 7.15. The number of hydrogen-bond acceptors (Lipinski definition) is 5. The third kappa shape index (κ3) is 4.57. The fraction of sp³-hybridized carbons (Fsp3) is 0.938. The topological polar surface area (TPSA) is 60.0 Å². The van der Waals surface area contributed by atoms with Crippen molar-refractivity contribution in [3.63, 3.8) is 0 Å². The molecule has 1 saturated heterocycles. The first-order valence-corrected chi connectivity index (χ1v) is 8.20. The minimum atomic E-state index is -0.468. The van der Waals surface area contributed by atoms with Gasteiger partial charge in [0.05, 0.1) is 24.8 Å². The zero-order chi connectivity index (χ0) is 16.3. The first-order valence-electron chi connectivity index (χ1n) is 8.20. The molecule has 0 aromatic carbocycles. The van der Waals surface area contributed by atoms with Gasteiger partial charge in [-0.05, 0) is 40.5 Å². The number of carbonyl (C=O) groups excluding carboxylic acids is 1. The summed E-state index contributed by atoms with van der Waals surface area (Å²) in [4.78, 5) is 13.9. The average molecular weight is 314 g/mol. The van der Waals surface area contributed by atoms with Crippen molar-refractivity contribution < 1.29 is 19.0 Å². The van der Waals surface area contributed by atoms with Gasteiger partial charge in [-0.2, -0.15) is 0 Å². The van der Waals surface area contributed by atoms with Crippen molar-refractivity contribution in [2.45, 2.75) is 70.4 Å². The van der Waals surface area contributed by atoms with Gasteiger partial charge in [0, 0.05) is 26.3 Å². The number of ether oxygens (including phenoxy) is 3. The van der Waals surface area contributed by atoms with E-state index in [0.29, 0.717) is 25.2 Å². The summed E-state index contributed by atoms with van der Waals surface area (Å²) < 4.78 is 16.6. The van der Waals surface area contributed by atoms with E-state index in [4.69, 9.17) is 14.2 Å². The Morgan fingerprint density at radius 3 is 2.50 bits per heavy atom. The van der Waals surface area contributed by atoms with Gasteiger partial charge in [-0.25, -0.2) is 4.79 Å². The zero-order valence-corrected chi connectivity index (χ0v) is 14.4. The van der Waals surface area contributed by atoms with Gasteiger partial charge in [0.25, 0.3) is 0 Å². The molecule has 1 aliphatic heterocycles. The molecule has 0 radical (unpaired) electrons. The van der Waals surface area contributed by atoms with Gasteiger partial charge < -0.3 is 24.4 Å². The Kier molecular flexibility index (Phi) is 5.69. The molecule has 22 heavy (non-hydrogen) atoms. The smallest absolute Gasteiger partial charge is 0.410 e. The minimum absolute atomic E-state index is 0.0126. The van der Waals surface area contributed by atoms with Crippen molar-refractivity contribution in [2.75, 3.05) is 26.8 Å². The molecule has 1 N–H and O–H groups in total. The lowest BCUT2D eigenvalue weighted by Gasteiger charge is -2.38. The molecule has 1 aliphatic carbocycles. The normalized spacial score (nSPS) is 32.0. The van der Waals surface area contributed by atoms with Crippen LogP contribution in [0, 0.1) is 0 Å². The first kappa shape index (κ1) is 17.5. The molecule has 1 unspecified atom stereocenters. The van der Waals surface area contributed by atoms with Gasteiger partial charge in [-0.3, -0.25) is 0 Å². The largest absolute Gasteiger partial charge is 0.444 e.